The van der Waals surface area contributed by atoms with Gasteiger partial charge in [0, 0.05) is 13.0 Å². The zero-order chi connectivity index (χ0) is 17.8. The molecular formula is C20H38O3Si. The summed E-state index contributed by atoms with van der Waals surface area (Å²) in [6, 6.07) is 0. The minimum absolute atomic E-state index is 0.0148. The highest BCUT2D eigenvalue weighted by atomic mass is 28.4. The second-order valence-electron chi connectivity index (χ2n) is 8.92. The third-order valence-electron chi connectivity index (χ3n) is 5.79. The zero-order valence-corrected chi connectivity index (χ0v) is 17.7. The van der Waals surface area contributed by atoms with E-state index in [1.165, 1.54) is 31.3 Å². The molecule has 1 aliphatic heterocycles. The topological polar surface area (TPSA) is 27.7 Å². The van der Waals surface area contributed by atoms with E-state index in [2.05, 4.69) is 46.9 Å². The summed E-state index contributed by atoms with van der Waals surface area (Å²) in [6.45, 7) is 14.7. The number of hydrogen-bond acceptors (Lipinski definition) is 3. The van der Waals surface area contributed by atoms with Crippen LogP contribution in [0.3, 0.4) is 0 Å². The van der Waals surface area contributed by atoms with E-state index in [-0.39, 0.29) is 23.5 Å². The van der Waals surface area contributed by atoms with Gasteiger partial charge in [-0.25, -0.2) is 0 Å². The summed E-state index contributed by atoms with van der Waals surface area (Å²) in [6.07, 6.45) is 10.7. The van der Waals surface area contributed by atoms with Crippen molar-refractivity contribution in [3.63, 3.8) is 0 Å². The van der Waals surface area contributed by atoms with Crippen LogP contribution in [0.5, 0.6) is 0 Å². The Labute approximate surface area is 150 Å². The van der Waals surface area contributed by atoms with Gasteiger partial charge in [0.1, 0.15) is 0 Å². The Kier molecular flexibility index (Phi) is 7.12. The van der Waals surface area contributed by atoms with Gasteiger partial charge in [-0.15, -0.1) is 0 Å². The Morgan fingerprint density at radius 3 is 2.58 bits per heavy atom. The Balaban J connectivity index is 2.00. The first-order chi connectivity index (χ1) is 11.2. The lowest BCUT2D eigenvalue weighted by Gasteiger charge is -2.39. The Bertz CT molecular complexity index is 419. The molecule has 0 aromatic heterocycles. The van der Waals surface area contributed by atoms with Crippen LogP contribution in [0.2, 0.25) is 18.1 Å². The first-order valence-electron chi connectivity index (χ1n) is 9.88. The highest BCUT2D eigenvalue weighted by Crippen LogP contribution is 2.41. The van der Waals surface area contributed by atoms with Crippen molar-refractivity contribution in [2.45, 2.75) is 109 Å². The molecule has 1 saturated heterocycles. The predicted molar refractivity (Wildman–Crippen MR) is 103 cm³/mol. The SMILES string of the molecule is CCCCC1=C[C@H](OC2CCCCO2)C[C@@H]1O[Si](C)(C)C(C)(C)C. The molecule has 0 aromatic rings. The number of ether oxygens (including phenoxy) is 2. The van der Waals surface area contributed by atoms with Crippen LogP contribution in [0.15, 0.2) is 11.6 Å². The molecule has 0 bridgehead atoms. The minimum Gasteiger partial charge on any atom is -0.410 e. The molecule has 0 amide bonds. The van der Waals surface area contributed by atoms with Crippen molar-refractivity contribution in [1.82, 2.24) is 0 Å². The molecule has 0 spiro atoms. The van der Waals surface area contributed by atoms with Gasteiger partial charge in [0.15, 0.2) is 14.6 Å². The second kappa shape index (κ2) is 8.48. The molecule has 1 heterocycles. The van der Waals surface area contributed by atoms with Gasteiger partial charge in [-0.1, -0.05) is 40.2 Å². The van der Waals surface area contributed by atoms with Crippen molar-refractivity contribution < 1.29 is 13.9 Å². The van der Waals surface area contributed by atoms with Gasteiger partial charge in [0.2, 0.25) is 0 Å². The molecule has 1 fully saturated rings. The smallest absolute Gasteiger partial charge is 0.192 e. The average Bonchev–Trinajstić information content (AvgIpc) is 2.86. The van der Waals surface area contributed by atoms with Gasteiger partial charge in [0.05, 0.1) is 12.2 Å². The van der Waals surface area contributed by atoms with E-state index in [1.54, 1.807) is 0 Å². The van der Waals surface area contributed by atoms with Gasteiger partial charge < -0.3 is 13.9 Å². The minimum atomic E-state index is -1.76. The summed E-state index contributed by atoms with van der Waals surface area (Å²) in [5.41, 5.74) is 1.46. The fourth-order valence-corrected chi connectivity index (χ4v) is 4.48. The summed E-state index contributed by atoms with van der Waals surface area (Å²) in [5.74, 6) is 0. The standard InChI is InChI=1S/C20H38O3Si/c1-7-8-11-16-14-17(22-19-12-9-10-13-21-19)15-18(16)23-24(5,6)20(2,3)4/h14,17-19H,7-13,15H2,1-6H3/t17-,18-,19?/m0/s1. The summed E-state index contributed by atoms with van der Waals surface area (Å²) in [7, 11) is -1.76. The Morgan fingerprint density at radius 1 is 1.25 bits per heavy atom. The van der Waals surface area contributed by atoms with Crippen molar-refractivity contribution in [3.8, 4) is 0 Å². The van der Waals surface area contributed by atoms with E-state index < -0.39 is 8.32 Å². The maximum Gasteiger partial charge on any atom is 0.192 e. The predicted octanol–water partition coefficient (Wildman–Crippen LogP) is 5.81. The normalized spacial score (nSPS) is 28.9. The zero-order valence-electron chi connectivity index (χ0n) is 16.7. The third kappa shape index (κ3) is 5.42. The van der Waals surface area contributed by atoms with Crippen molar-refractivity contribution >= 4 is 8.32 Å². The van der Waals surface area contributed by atoms with Crippen LogP contribution >= 0.6 is 0 Å². The third-order valence-corrected chi connectivity index (χ3v) is 10.3. The second-order valence-corrected chi connectivity index (χ2v) is 13.7. The van der Waals surface area contributed by atoms with Crippen molar-refractivity contribution in [1.29, 1.82) is 0 Å². The van der Waals surface area contributed by atoms with E-state index in [1.807, 2.05) is 0 Å². The highest BCUT2D eigenvalue weighted by molar-refractivity contribution is 6.74. The van der Waals surface area contributed by atoms with E-state index >= 15 is 0 Å². The lowest BCUT2D eigenvalue weighted by molar-refractivity contribution is -0.179. The largest absolute Gasteiger partial charge is 0.410 e. The molecule has 0 radical (unpaired) electrons. The van der Waals surface area contributed by atoms with Crippen LogP contribution in [0.1, 0.15) is 72.6 Å². The molecule has 3 nitrogen and oxygen atoms in total. The first kappa shape index (κ1) is 20.2. The first-order valence-corrected chi connectivity index (χ1v) is 12.8. The van der Waals surface area contributed by atoms with E-state index in [9.17, 15) is 0 Å². The van der Waals surface area contributed by atoms with E-state index in [0.29, 0.717) is 0 Å². The van der Waals surface area contributed by atoms with Crippen molar-refractivity contribution in [2.75, 3.05) is 6.61 Å². The molecular weight excluding hydrogens is 316 g/mol. The van der Waals surface area contributed by atoms with Crippen molar-refractivity contribution in [2.24, 2.45) is 0 Å². The van der Waals surface area contributed by atoms with E-state index in [0.717, 1.165) is 25.9 Å². The lowest BCUT2D eigenvalue weighted by Crippen LogP contribution is -2.44. The maximum atomic E-state index is 6.74. The molecule has 0 N–H and O–H groups in total. The quantitative estimate of drug-likeness (QED) is 0.426. The van der Waals surface area contributed by atoms with E-state index in [4.69, 9.17) is 13.9 Å². The number of rotatable bonds is 7. The molecule has 1 aliphatic carbocycles. The molecule has 2 aliphatic rings. The molecule has 0 saturated carbocycles. The van der Waals surface area contributed by atoms with Gasteiger partial charge in [-0.05, 0) is 55.8 Å². The molecule has 3 atom stereocenters. The Morgan fingerprint density at radius 2 is 2.00 bits per heavy atom. The summed E-state index contributed by atoms with van der Waals surface area (Å²) >= 11 is 0. The highest BCUT2D eigenvalue weighted by Gasteiger charge is 2.41. The fourth-order valence-electron chi connectivity index (χ4n) is 3.17. The summed E-state index contributed by atoms with van der Waals surface area (Å²) < 4.78 is 18.7. The molecule has 24 heavy (non-hydrogen) atoms. The van der Waals surface area contributed by atoms with Crippen LogP contribution in [-0.2, 0) is 13.9 Å². The fraction of sp³-hybridized carbons (Fsp3) is 0.900. The monoisotopic (exact) mass is 354 g/mol. The van der Waals surface area contributed by atoms with Gasteiger partial charge in [-0.2, -0.15) is 0 Å². The molecule has 4 heteroatoms. The average molecular weight is 355 g/mol. The molecule has 0 aromatic carbocycles. The molecule has 1 unspecified atom stereocenters. The van der Waals surface area contributed by atoms with Crippen molar-refractivity contribution in [3.05, 3.63) is 11.6 Å². The van der Waals surface area contributed by atoms with Gasteiger partial charge in [-0.3, -0.25) is 0 Å². The summed E-state index contributed by atoms with van der Waals surface area (Å²) in [4.78, 5) is 0. The van der Waals surface area contributed by atoms with Crippen LogP contribution in [0, 0.1) is 0 Å². The molecule has 140 valence electrons. The van der Waals surface area contributed by atoms with Crippen LogP contribution in [0.25, 0.3) is 0 Å². The Hall–Kier alpha value is -0.163. The molecule has 2 rings (SSSR count). The number of unbranched alkanes of at least 4 members (excludes halogenated alkanes) is 1. The lowest BCUT2D eigenvalue weighted by atomic mass is 10.1. The summed E-state index contributed by atoms with van der Waals surface area (Å²) in [5, 5.41) is 0.244. The van der Waals surface area contributed by atoms with Crippen LogP contribution in [-0.4, -0.2) is 33.4 Å². The maximum absolute atomic E-state index is 6.74. The van der Waals surface area contributed by atoms with Crippen LogP contribution in [0.4, 0.5) is 0 Å². The van der Waals surface area contributed by atoms with Crippen LogP contribution < -0.4 is 0 Å². The van der Waals surface area contributed by atoms with Gasteiger partial charge >= 0.3 is 0 Å². The van der Waals surface area contributed by atoms with Gasteiger partial charge in [0.25, 0.3) is 0 Å². The number of hydrogen-bond donors (Lipinski definition) is 0.